The van der Waals surface area contributed by atoms with E-state index in [1.165, 1.54) is 0 Å². The molecule has 3 rings (SSSR count). The first kappa shape index (κ1) is 25.4. The Kier molecular flexibility index (Phi) is 6.54. The zero-order valence-corrected chi connectivity index (χ0v) is 22.3. The summed E-state index contributed by atoms with van der Waals surface area (Å²) in [5.74, 6) is -0.0852. The van der Waals surface area contributed by atoms with Crippen molar-refractivity contribution in [2.24, 2.45) is 11.3 Å². The number of hydrogen-bond donors (Lipinski definition) is 2. The molecule has 32 heavy (non-hydrogen) atoms. The Balaban J connectivity index is 1.95. The van der Waals surface area contributed by atoms with Crippen LogP contribution in [0.25, 0.3) is 6.08 Å². The van der Waals surface area contributed by atoms with E-state index < -0.39 is 19.5 Å². The SMILES string of the molecule is C=Cc1ccc(C)cc1C[C@@]1(O)CC[C@]2(C)[C@@H](O[Si](C)(C)C(C)(C)C)CC[C@H]2[C@@]1(O)C=C. The molecule has 2 aliphatic rings. The number of benzene rings is 1. The lowest BCUT2D eigenvalue weighted by atomic mass is 9.54. The molecule has 0 aromatic heterocycles. The molecule has 178 valence electrons. The van der Waals surface area contributed by atoms with Crippen LogP contribution < -0.4 is 0 Å². The summed E-state index contributed by atoms with van der Waals surface area (Å²) in [5, 5.41) is 24.2. The molecule has 0 amide bonds. The molecule has 2 saturated carbocycles. The molecule has 0 saturated heterocycles. The third kappa shape index (κ3) is 3.98. The summed E-state index contributed by atoms with van der Waals surface area (Å²) in [5.41, 5.74) is 0.358. The first-order valence-electron chi connectivity index (χ1n) is 12.1. The van der Waals surface area contributed by atoms with Gasteiger partial charge < -0.3 is 14.6 Å². The average Bonchev–Trinajstić information content (AvgIpc) is 3.01. The molecule has 0 unspecified atom stereocenters. The van der Waals surface area contributed by atoms with E-state index in [1.54, 1.807) is 6.08 Å². The number of rotatable bonds is 6. The molecule has 2 N–H and O–H groups in total. The number of fused-ring (bicyclic) bond motifs is 1. The molecule has 5 atom stereocenters. The first-order valence-corrected chi connectivity index (χ1v) is 15.0. The summed E-state index contributed by atoms with van der Waals surface area (Å²) in [6.07, 6.45) is 7.05. The van der Waals surface area contributed by atoms with Gasteiger partial charge in [0.15, 0.2) is 8.32 Å². The highest BCUT2D eigenvalue weighted by molar-refractivity contribution is 6.74. The van der Waals surface area contributed by atoms with E-state index in [9.17, 15) is 10.2 Å². The monoisotopic (exact) mass is 456 g/mol. The highest BCUT2D eigenvalue weighted by atomic mass is 28.4. The molecular weight excluding hydrogens is 412 g/mol. The van der Waals surface area contributed by atoms with E-state index in [4.69, 9.17) is 4.43 Å². The largest absolute Gasteiger partial charge is 0.413 e. The van der Waals surface area contributed by atoms with E-state index in [0.717, 1.165) is 36.0 Å². The van der Waals surface area contributed by atoms with Crippen LogP contribution in [0.5, 0.6) is 0 Å². The molecule has 3 nitrogen and oxygen atoms in total. The summed E-state index contributed by atoms with van der Waals surface area (Å²) in [6, 6.07) is 6.20. The lowest BCUT2D eigenvalue weighted by Gasteiger charge is -2.57. The van der Waals surface area contributed by atoms with Gasteiger partial charge in [-0.2, -0.15) is 0 Å². The van der Waals surface area contributed by atoms with Crippen molar-refractivity contribution >= 4 is 14.4 Å². The summed E-state index contributed by atoms with van der Waals surface area (Å²) in [6.45, 7) is 23.7. The lowest BCUT2D eigenvalue weighted by molar-refractivity contribution is -0.210. The Bertz CT molecular complexity index is 885. The van der Waals surface area contributed by atoms with Gasteiger partial charge in [0.25, 0.3) is 0 Å². The molecular formula is C28H44O3Si. The van der Waals surface area contributed by atoms with Crippen molar-refractivity contribution in [3.8, 4) is 0 Å². The molecule has 2 aliphatic carbocycles. The topological polar surface area (TPSA) is 49.7 Å². The second-order valence-corrected chi connectivity index (χ2v) is 16.9. The molecule has 1 aromatic rings. The number of hydrogen-bond acceptors (Lipinski definition) is 3. The van der Waals surface area contributed by atoms with Crippen molar-refractivity contribution in [1.29, 1.82) is 0 Å². The van der Waals surface area contributed by atoms with Crippen LogP contribution in [0.1, 0.15) is 70.1 Å². The Morgan fingerprint density at radius 1 is 1.16 bits per heavy atom. The third-order valence-electron chi connectivity index (χ3n) is 9.16. The summed E-state index contributed by atoms with van der Waals surface area (Å²) in [4.78, 5) is 0. The van der Waals surface area contributed by atoms with Crippen LogP contribution >= 0.6 is 0 Å². The van der Waals surface area contributed by atoms with Gasteiger partial charge in [-0.15, -0.1) is 6.58 Å². The average molecular weight is 457 g/mol. The standard InChI is InChI=1S/C28H44O3Si/c1-10-21-13-12-20(3)18-22(21)19-27(29)17-16-26(7)23(28(27,30)11-2)14-15-24(26)31-32(8,9)25(4,5)6/h10-13,18,23-24,29-30H,1-2,14-17,19H2,3-9H3/t23-,24+,26+,27+,28+/m1/s1. The highest BCUT2D eigenvalue weighted by Gasteiger charge is 2.66. The summed E-state index contributed by atoms with van der Waals surface area (Å²) in [7, 11) is -1.95. The van der Waals surface area contributed by atoms with Crippen LogP contribution in [0.15, 0.2) is 37.4 Å². The zero-order valence-electron chi connectivity index (χ0n) is 21.3. The number of aryl methyl sites for hydroxylation is 1. The van der Waals surface area contributed by atoms with Crippen LogP contribution in [-0.4, -0.2) is 35.8 Å². The number of aliphatic hydroxyl groups is 2. The quantitative estimate of drug-likeness (QED) is 0.383. The van der Waals surface area contributed by atoms with E-state index >= 15 is 0 Å². The Morgan fingerprint density at radius 3 is 2.38 bits per heavy atom. The van der Waals surface area contributed by atoms with Crippen molar-refractivity contribution in [3.63, 3.8) is 0 Å². The maximum atomic E-state index is 12.1. The summed E-state index contributed by atoms with van der Waals surface area (Å²) >= 11 is 0. The molecule has 4 heteroatoms. The fraction of sp³-hybridized carbons (Fsp3) is 0.643. The molecule has 0 bridgehead atoms. The Morgan fingerprint density at radius 2 is 1.81 bits per heavy atom. The van der Waals surface area contributed by atoms with Crippen molar-refractivity contribution < 1.29 is 14.6 Å². The van der Waals surface area contributed by atoms with Crippen LogP contribution in [0.4, 0.5) is 0 Å². The van der Waals surface area contributed by atoms with Crippen LogP contribution in [0, 0.1) is 18.3 Å². The van der Waals surface area contributed by atoms with Gasteiger partial charge in [0.1, 0.15) is 11.2 Å². The maximum Gasteiger partial charge on any atom is 0.192 e. The van der Waals surface area contributed by atoms with Gasteiger partial charge in [-0.05, 0) is 67.3 Å². The van der Waals surface area contributed by atoms with Gasteiger partial charge in [0.05, 0.1) is 6.10 Å². The fourth-order valence-electron chi connectivity index (χ4n) is 5.95. The first-order chi connectivity index (χ1) is 14.6. The minimum atomic E-state index is -1.95. The van der Waals surface area contributed by atoms with Crippen molar-refractivity contribution in [2.45, 2.75) is 102 Å². The Hall–Kier alpha value is -1.20. The van der Waals surface area contributed by atoms with Gasteiger partial charge in [0.2, 0.25) is 0 Å². The molecule has 1 aromatic carbocycles. The maximum absolute atomic E-state index is 12.1. The Labute approximate surface area is 196 Å². The predicted octanol–water partition coefficient (Wildman–Crippen LogP) is 6.43. The summed E-state index contributed by atoms with van der Waals surface area (Å²) < 4.78 is 6.91. The van der Waals surface area contributed by atoms with Crippen LogP contribution in [0.3, 0.4) is 0 Å². The predicted molar refractivity (Wildman–Crippen MR) is 137 cm³/mol. The van der Waals surface area contributed by atoms with E-state index in [-0.39, 0.29) is 22.5 Å². The molecule has 0 heterocycles. The van der Waals surface area contributed by atoms with Gasteiger partial charge in [-0.25, -0.2) is 0 Å². The van der Waals surface area contributed by atoms with Crippen molar-refractivity contribution in [3.05, 3.63) is 54.1 Å². The van der Waals surface area contributed by atoms with E-state index in [0.29, 0.717) is 12.8 Å². The zero-order chi connectivity index (χ0) is 24.2. The fourth-order valence-corrected chi connectivity index (χ4v) is 7.40. The van der Waals surface area contributed by atoms with Crippen LogP contribution in [-0.2, 0) is 10.8 Å². The minimum Gasteiger partial charge on any atom is -0.413 e. The third-order valence-corrected chi connectivity index (χ3v) is 13.6. The van der Waals surface area contributed by atoms with Crippen molar-refractivity contribution in [1.82, 2.24) is 0 Å². The second-order valence-electron chi connectivity index (χ2n) is 12.1. The van der Waals surface area contributed by atoms with E-state index in [2.05, 4.69) is 73.0 Å². The van der Waals surface area contributed by atoms with Gasteiger partial charge >= 0.3 is 0 Å². The molecule has 0 spiro atoms. The molecule has 0 aliphatic heterocycles. The highest BCUT2D eigenvalue weighted by Crippen LogP contribution is 2.61. The van der Waals surface area contributed by atoms with Gasteiger partial charge in [-0.3, -0.25) is 0 Å². The smallest absolute Gasteiger partial charge is 0.192 e. The van der Waals surface area contributed by atoms with Crippen LogP contribution in [0.2, 0.25) is 18.1 Å². The van der Waals surface area contributed by atoms with Gasteiger partial charge in [-0.1, -0.05) is 70.2 Å². The molecule has 0 radical (unpaired) electrons. The normalized spacial score (nSPS) is 35.4. The lowest BCUT2D eigenvalue weighted by Crippen LogP contribution is -2.66. The molecule has 2 fully saturated rings. The van der Waals surface area contributed by atoms with Crippen molar-refractivity contribution in [2.75, 3.05) is 0 Å². The van der Waals surface area contributed by atoms with Gasteiger partial charge in [0, 0.05) is 12.3 Å². The van der Waals surface area contributed by atoms with E-state index in [1.807, 2.05) is 12.1 Å². The second kappa shape index (κ2) is 8.23. The minimum absolute atomic E-state index is 0.0852.